The summed E-state index contributed by atoms with van der Waals surface area (Å²) in [6.07, 6.45) is 0.694. The normalized spacial score (nSPS) is 11.3. The standard InChI is InChI=1S/C12H16N2O/c1-2-3-7-11(14-13)10-15-12-8-5-4-6-9-12/h4-6,8-9,11,14H,7,10,13H2,1H3. The summed E-state index contributed by atoms with van der Waals surface area (Å²) in [5.74, 6) is 12.0. The molecule has 0 aliphatic carbocycles. The zero-order valence-electron chi connectivity index (χ0n) is 8.86. The number of hydrazine groups is 1. The van der Waals surface area contributed by atoms with Gasteiger partial charge in [0, 0.05) is 6.42 Å². The maximum Gasteiger partial charge on any atom is 0.119 e. The van der Waals surface area contributed by atoms with Crippen molar-refractivity contribution in [3.63, 3.8) is 0 Å². The Morgan fingerprint density at radius 3 is 2.73 bits per heavy atom. The molecule has 1 rings (SSSR count). The van der Waals surface area contributed by atoms with Gasteiger partial charge in [-0.1, -0.05) is 18.2 Å². The topological polar surface area (TPSA) is 47.3 Å². The molecule has 1 unspecified atom stereocenters. The van der Waals surface area contributed by atoms with Gasteiger partial charge in [0.2, 0.25) is 0 Å². The molecule has 0 fully saturated rings. The van der Waals surface area contributed by atoms with Crippen LogP contribution in [0.2, 0.25) is 0 Å². The molecule has 0 aliphatic rings. The maximum atomic E-state index is 5.55. The van der Waals surface area contributed by atoms with Crippen LogP contribution in [0.25, 0.3) is 0 Å². The summed E-state index contributed by atoms with van der Waals surface area (Å²) in [7, 11) is 0. The molecular weight excluding hydrogens is 188 g/mol. The SMILES string of the molecule is CC#CCC(COc1ccccc1)NN. The molecule has 0 saturated heterocycles. The Balaban J connectivity index is 2.36. The van der Waals surface area contributed by atoms with Gasteiger partial charge in [0.15, 0.2) is 0 Å². The van der Waals surface area contributed by atoms with Crippen LogP contribution in [0.15, 0.2) is 30.3 Å². The molecule has 0 amide bonds. The lowest BCUT2D eigenvalue weighted by molar-refractivity contribution is 0.267. The minimum Gasteiger partial charge on any atom is -0.492 e. The molecule has 3 heteroatoms. The zero-order chi connectivity index (χ0) is 10.9. The number of rotatable bonds is 5. The lowest BCUT2D eigenvalue weighted by Gasteiger charge is -2.13. The van der Waals surface area contributed by atoms with E-state index in [0.29, 0.717) is 13.0 Å². The average Bonchev–Trinajstić information content (AvgIpc) is 2.31. The zero-order valence-corrected chi connectivity index (χ0v) is 8.86. The Kier molecular flexibility index (Phi) is 5.31. The molecule has 0 saturated carbocycles. The van der Waals surface area contributed by atoms with Gasteiger partial charge in [-0.2, -0.15) is 0 Å². The summed E-state index contributed by atoms with van der Waals surface area (Å²) < 4.78 is 5.55. The molecule has 0 radical (unpaired) electrons. The molecule has 3 N–H and O–H groups in total. The van der Waals surface area contributed by atoms with E-state index in [2.05, 4.69) is 17.3 Å². The molecule has 0 bridgehead atoms. The fourth-order valence-corrected chi connectivity index (χ4v) is 1.10. The van der Waals surface area contributed by atoms with E-state index in [1.807, 2.05) is 37.3 Å². The van der Waals surface area contributed by atoms with Gasteiger partial charge in [-0.15, -0.1) is 11.8 Å². The van der Waals surface area contributed by atoms with Crippen molar-refractivity contribution in [3.05, 3.63) is 30.3 Å². The van der Waals surface area contributed by atoms with Crippen LogP contribution >= 0.6 is 0 Å². The summed E-state index contributed by atoms with van der Waals surface area (Å²) >= 11 is 0. The maximum absolute atomic E-state index is 5.55. The quantitative estimate of drug-likeness (QED) is 0.432. The summed E-state index contributed by atoms with van der Waals surface area (Å²) in [5, 5.41) is 0. The van der Waals surface area contributed by atoms with Crippen LogP contribution in [0.5, 0.6) is 5.75 Å². The van der Waals surface area contributed by atoms with Crippen molar-refractivity contribution in [2.75, 3.05) is 6.61 Å². The highest BCUT2D eigenvalue weighted by molar-refractivity contribution is 5.21. The van der Waals surface area contributed by atoms with Crippen molar-refractivity contribution in [1.82, 2.24) is 5.43 Å². The first-order valence-electron chi connectivity index (χ1n) is 4.90. The predicted molar refractivity (Wildman–Crippen MR) is 61.1 cm³/mol. The van der Waals surface area contributed by atoms with E-state index < -0.39 is 0 Å². The van der Waals surface area contributed by atoms with Crippen LogP contribution < -0.4 is 16.0 Å². The van der Waals surface area contributed by atoms with Crippen LogP contribution in [-0.4, -0.2) is 12.6 Å². The number of hydrogen-bond acceptors (Lipinski definition) is 3. The van der Waals surface area contributed by atoms with E-state index >= 15 is 0 Å². The lowest BCUT2D eigenvalue weighted by atomic mass is 10.2. The predicted octanol–water partition coefficient (Wildman–Crippen LogP) is 1.31. The second-order valence-electron chi connectivity index (χ2n) is 3.12. The first-order chi connectivity index (χ1) is 7.36. The minimum atomic E-state index is 0.0673. The molecule has 1 aromatic rings. The van der Waals surface area contributed by atoms with Gasteiger partial charge in [-0.25, -0.2) is 0 Å². The Hall–Kier alpha value is -1.50. The van der Waals surface area contributed by atoms with Gasteiger partial charge in [0.25, 0.3) is 0 Å². The van der Waals surface area contributed by atoms with Gasteiger partial charge >= 0.3 is 0 Å². The number of hydrogen-bond donors (Lipinski definition) is 2. The fourth-order valence-electron chi connectivity index (χ4n) is 1.10. The van der Waals surface area contributed by atoms with E-state index in [4.69, 9.17) is 10.6 Å². The molecule has 1 atom stereocenters. The Morgan fingerprint density at radius 1 is 1.40 bits per heavy atom. The van der Waals surface area contributed by atoms with Crippen molar-refractivity contribution in [2.45, 2.75) is 19.4 Å². The van der Waals surface area contributed by atoms with Gasteiger partial charge in [-0.3, -0.25) is 11.3 Å². The lowest BCUT2D eigenvalue weighted by Crippen LogP contribution is -2.39. The van der Waals surface area contributed by atoms with Crippen molar-refractivity contribution in [1.29, 1.82) is 0 Å². The van der Waals surface area contributed by atoms with Gasteiger partial charge in [-0.05, 0) is 19.1 Å². The third-order valence-corrected chi connectivity index (χ3v) is 1.96. The first-order valence-corrected chi connectivity index (χ1v) is 4.90. The van der Waals surface area contributed by atoms with Crippen LogP contribution in [0.3, 0.4) is 0 Å². The smallest absolute Gasteiger partial charge is 0.119 e. The molecule has 1 aromatic carbocycles. The van der Waals surface area contributed by atoms with E-state index in [1.54, 1.807) is 0 Å². The molecule has 0 spiro atoms. The molecular formula is C12H16N2O. The van der Waals surface area contributed by atoms with Crippen molar-refractivity contribution < 1.29 is 4.74 Å². The van der Waals surface area contributed by atoms with E-state index in [1.165, 1.54) is 0 Å². The molecule has 3 nitrogen and oxygen atoms in total. The Labute approximate surface area is 90.6 Å². The van der Waals surface area contributed by atoms with Crippen LogP contribution in [0.1, 0.15) is 13.3 Å². The number of benzene rings is 1. The summed E-state index contributed by atoms with van der Waals surface area (Å²) in [6, 6.07) is 9.72. The number of nitrogens with one attached hydrogen (secondary N) is 1. The molecule has 0 heterocycles. The van der Waals surface area contributed by atoms with E-state index in [9.17, 15) is 0 Å². The second-order valence-corrected chi connectivity index (χ2v) is 3.12. The molecule has 0 aliphatic heterocycles. The van der Waals surface area contributed by atoms with E-state index in [-0.39, 0.29) is 6.04 Å². The molecule has 15 heavy (non-hydrogen) atoms. The van der Waals surface area contributed by atoms with Crippen molar-refractivity contribution in [2.24, 2.45) is 5.84 Å². The Bertz CT molecular complexity index is 326. The highest BCUT2D eigenvalue weighted by atomic mass is 16.5. The summed E-state index contributed by atoms with van der Waals surface area (Å²) in [6.45, 7) is 2.33. The van der Waals surface area contributed by atoms with Crippen molar-refractivity contribution in [3.8, 4) is 17.6 Å². The Morgan fingerprint density at radius 2 is 2.13 bits per heavy atom. The summed E-state index contributed by atoms with van der Waals surface area (Å²) in [4.78, 5) is 0. The minimum absolute atomic E-state index is 0.0673. The van der Waals surface area contributed by atoms with Crippen LogP contribution in [0.4, 0.5) is 0 Å². The van der Waals surface area contributed by atoms with Crippen molar-refractivity contribution >= 4 is 0 Å². The number of nitrogens with two attached hydrogens (primary N) is 1. The molecule has 80 valence electrons. The fraction of sp³-hybridized carbons (Fsp3) is 0.333. The van der Waals surface area contributed by atoms with Crippen LogP contribution in [-0.2, 0) is 0 Å². The number of para-hydroxylation sites is 1. The third kappa shape index (κ3) is 4.50. The highest BCUT2D eigenvalue weighted by Gasteiger charge is 2.04. The van der Waals surface area contributed by atoms with Gasteiger partial charge in [0.1, 0.15) is 12.4 Å². The average molecular weight is 204 g/mol. The second kappa shape index (κ2) is 6.88. The largest absolute Gasteiger partial charge is 0.492 e. The monoisotopic (exact) mass is 204 g/mol. The summed E-state index contributed by atoms with van der Waals surface area (Å²) in [5.41, 5.74) is 2.68. The van der Waals surface area contributed by atoms with Gasteiger partial charge < -0.3 is 4.74 Å². The van der Waals surface area contributed by atoms with E-state index in [0.717, 1.165) is 5.75 Å². The van der Waals surface area contributed by atoms with Crippen LogP contribution in [0, 0.1) is 11.8 Å². The highest BCUT2D eigenvalue weighted by Crippen LogP contribution is 2.08. The first kappa shape index (κ1) is 11.6. The third-order valence-electron chi connectivity index (χ3n) is 1.96. The molecule has 0 aromatic heterocycles. The number of ether oxygens (including phenoxy) is 1. The van der Waals surface area contributed by atoms with Gasteiger partial charge in [0.05, 0.1) is 6.04 Å².